The minimum Gasteiger partial charge on any atom is -0.168 e. The van der Waals surface area contributed by atoms with Gasteiger partial charge in [-0.2, -0.15) is 8.42 Å². The minimum atomic E-state index is -0.750. The third kappa shape index (κ3) is 9.94. The van der Waals surface area contributed by atoms with Gasteiger partial charge in [-0.05, 0) is 48.5 Å². The Bertz CT molecular complexity index is 806. The van der Waals surface area contributed by atoms with Crippen LogP contribution in [0.3, 0.4) is 0 Å². The molecule has 0 saturated carbocycles. The van der Waals surface area contributed by atoms with E-state index in [2.05, 4.69) is 97.1 Å². The molecule has 0 spiro atoms. The van der Waals surface area contributed by atoms with Crippen LogP contribution in [0.1, 0.15) is 0 Å². The van der Waals surface area contributed by atoms with Gasteiger partial charge in [-0.1, -0.05) is 96.3 Å². The highest BCUT2D eigenvalue weighted by Crippen LogP contribution is 2.27. The van der Waals surface area contributed by atoms with Gasteiger partial charge < -0.3 is 0 Å². The molecule has 0 saturated heterocycles. The van der Waals surface area contributed by atoms with Gasteiger partial charge in [-0.25, -0.2) is 0 Å². The summed E-state index contributed by atoms with van der Waals surface area (Å²) in [6, 6.07) is 41.6. The van der Waals surface area contributed by atoms with E-state index in [1.54, 1.807) is 23.5 Å². The number of benzene rings is 4. The van der Waals surface area contributed by atoms with E-state index >= 15 is 0 Å². The van der Waals surface area contributed by atoms with E-state index in [-0.39, 0.29) is 0 Å². The lowest BCUT2D eigenvalue weighted by molar-refractivity contribution is 0.630. The van der Waals surface area contributed by atoms with E-state index in [0.717, 1.165) is 0 Å². The molecule has 146 valence electrons. The molecule has 0 amide bonds. The van der Waals surface area contributed by atoms with Crippen molar-refractivity contribution in [1.29, 1.82) is 0 Å². The Morgan fingerprint density at radius 3 is 0.690 bits per heavy atom. The van der Waals surface area contributed by atoms with E-state index in [1.165, 1.54) is 19.6 Å². The maximum absolute atomic E-state index is 8.29. The average molecular weight is 437 g/mol. The molecule has 0 aliphatic heterocycles. The topological polar surface area (TPSA) is 34.1 Å². The van der Waals surface area contributed by atoms with Gasteiger partial charge in [0, 0.05) is 19.6 Å². The first-order valence-electron chi connectivity index (χ1n) is 8.79. The fourth-order valence-electron chi connectivity index (χ4n) is 2.23. The summed E-state index contributed by atoms with van der Waals surface area (Å²) in [5, 5.41) is 0. The molecule has 2 nitrogen and oxygen atoms in total. The Morgan fingerprint density at radius 1 is 0.345 bits per heavy atom. The highest BCUT2D eigenvalue weighted by molar-refractivity contribution is 7.99. The van der Waals surface area contributed by atoms with Crippen LogP contribution in [0.5, 0.6) is 0 Å². The van der Waals surface area contributed by atoms with Gasteiger partial charge >= 0.3 is 11.6 Å². The standard InChI is InChI=1S/2C12H10S.O2S/c2*1-3-7-11(8-4-1)13-12-9-5-2-6-10-12;1-3-2/h2*1-10H;. The van der Waals surface area contributed by atoms with Crippen LogP contribution in [0.2, 0.25) is 0 Å². The van der Waals surface area contributed by atoms with Crippen LogP contribution >= 0.6 is 23.5 Å². The molecule has 0 heterocycles. The molecule has 0 N–H and O–H groups in total. The van der Waals surface area contributed by atoms with Crippen LogP contribution in [-0.2, 0) is 11.6 Å². The van der Waals surface area contributed by atoms with Gasteiger partial charge in [-0.3, -0.25) is 0 Å². The molecule has 4 aromatic rings. The second kappa shape index (κ2) is 14.4. The molecule has 0 bridgehead atoms. The Hall–Kier alpha value is -2.60. The van der Waals surface area contributed by atoms with Crippen LogP contribution in [-0.4, -0.2) is 8.42 Å². The van der Waals surface area contributed by atoms with E-state index < -0.39 is 11.6 Å². The zero-order valence-corrected chi connectivity index (χ0v) is 18.0. The minimum absolute atomic E-state index is 0.750. The molecule has 0 radical (unpaired) electrons. The summed E-state index contributed by atoms with van der Waals surface area (Å²) in [5.41, 5.74) is 0. The van der Waals surface area contributed by atoms with E-state index in [9.17, 15) is 0 Å². The predicted molar refractivity (Wildman–Crippen MR) is 123 cm³/mol. The lowest BCUT2D eigenvalue weighted by Gasteiger charge is -1.99. The zero-order chi connectivity index (χ0) is 20.6. The number of hydrogen-bond acceptors (Lipinski definition) is 4. The summed E-state index contributed by atoms with van der Waals surface area (Å²) >= 11 is 2.83. The van der Waals surface area contributed by atoms with Crippen molar-refractivity contribution in [3.05, 3.63) is 121 Å². The first kappa shape index (κ1) is 22.7. The summed E-state index contributed by atoms with van der Waals surface area (Å²) in [6.45, 7) is 0. The maximum atomic E-state index is 8.29. The summed E-state index contributed by atoms with van der Waals surface area (Å²) in [5.74, 6) is 0. The fourth-order valence-corrected chi connectivity index (χ4v) is 3.94. The predicted octanol–water partition coefficient (Wildman–Crippen LogP) is 7.01. The summed E-state index contributed by atoms with van der Waals surface area (Å²) < 4.78 is 16.6. The molecule has 0 atom stereocenters. The fraction of sp³-hybridized carbons (Fsp3) is 0. The van der Waals surface area contributed by atoms with Gasteiger partial charge in [0.25, 0.3) is 0 Å². The van der Waals surface area contributed by atoms with Crippen molar-refractivity contribution in [2.24, 2.45) is 0 Å². The second-order valence-corrected chi connectivity index (χ2v) is 7.95. The smallest absolute Gasteiger partial charge is 0.168 e. The Kier molecular flexibility index (Phi) is 11.3. The summed E-state index contributed by atoms with van der Waals surface area (Å²) in [7, 11) is 0. The highest BCUT2D eigenvalue weighted by Gasteiger charge is 1.94. The molecular weight excluding hydrogens is 416 g/mol. The van der Waals surface area contributed by atoms with Crippen LogP contribution in [0.15, 0.2) is 141 Å². The first-order valence-corrected chi connectivity index (χ1v) is 11.1. The van der Waals surface area contributed by atoms with Crippen molar-refractivity contribution in [2.45, 2.75) is 19.6 Å². The van der Waals surface area contributed by atoms with Crippen LogP contribution in [0.4, 0.5) is 0 Å². The number of hydrogen-bond donors (Lipinski definition) is 0. The maximum Gasteiger partial charge on any atom is 0.335 e. The van der Waals surface area contributed by atoms with Gasteiger partial charge in [0.15, 0.2) is 0 Å². The summed E-state index contributed by atoms with van der Waals surface area (Å²) in [4.78, 5) is 5.14. The third-order valence-electron chi connectivity index (χ3n) is 3.44. The quantitative estimate of drug-likeness (QED) is 0.345. The van der Waals surface area contributed by atoms with Crippen molar-refractivity contribution >= 4 is 35.1 Å². The molecular formula is C24H20O2S3. The van der Waals surface area contributed by atoms with Gasteiger partial charge in [0.1, 0.15) is 0 Å². The van der Waals surface area contributed by atoms with Gasteiger partial charge in [0.05, 0.1) is 0 Å². The van der Waals surface area contributed by atoms with Crippen molar-refractivity contribution in [1.82, 2.24) is 0 Å². The average Bonchev–Trinajstić information content (AvgIpc) is 2.78. The Morgan fingerprint density at radius 2 is 0.517 bits per heavy atom. The molecule has 0 fully saturated rings. The normalized spacial score (nSPS) is 9.24. The highest BCUT2D eigenvalue weighted by atomic mass is 32.2. The second-order valence-electron chi connectivity index (χ2n) is 5.52. The van der Waals surface area contributed by atoms with Crippen molar-refractivity contribution in [3.8, 4) is 0 Å². The van der Waals surface area contributed by atoms with Crippen molar-refractivity contribution < 1.29 is 8.42 Å². The van der Waals surface area contributed by atoms with Crippen LogP contribution < -0.4 is 0 Å². The molecule has 29 heavy (non-hydrogen) atoms. The van der Waals surface area contributed by atoms with Gasteiger partial charge in [0.2, 0.25) is 0 Å². The zero-order valence-electron chi connectivity index (χ0n) is 15.6. The summed E-state index contributed by atoms with van der Waals surface area (Å²) in [6.07, 6.45) is 0. The third-order valence-corrected chi connectivity index (χ3v) is 5.48. The number of rotatable bonds is 4. The van der Waals surface area contributed by atoms with Crippen molar-refractivity contribution in [2.75, 3.05) is 0 Å². The molecule has 0 aliphatic rings. The molecule has 0 aromatic heterocycles. The van der Waals surface area contributed by atoms with E-state index in [0.29, 0.717) is 0 Å². The molecule has 0 aliphatic carbocycles. The lowest BCUT2D eigenvalue weighted by Crippen LogP contribution is -1.70. The van der Waals surface area contributed by atoms with Gasteiger partial charge in [-0.15, -0.1) is 0 Å². The lowest BCUT2D eigenvalue weighted by atomic mass is 10.4. The molecule has 5 heteroatoms. The Balaban J connectivity index is 0.000000183. The van der Waals surface area contributed by atoms with Crippen molar-refractivity contribution in [3.63, 3.8) is 0 Å². The molecule has 4 rings (SSSR count). The van der Waals surface area contributed by atoms with Crippen LogP contribution in [0.25, 0.3) is 0 Å². The van der Waals surface area contributed by atoms with E-state index in [4.69, 9.17) is 8.42 Å². The largest absolute Gasteiger partial charge is 0.335 e. The SMILES string of the molecule is O=S=O.c1ccc(Sc2ccccc2)cc1.c1ccc(Sc2ccccc2)cc1. The molecule has 4 aromatic carbocycles. The monoisotopic (exact) mass is 436 g/mol. The first-order chi connectivity index (χ1) is 14.3. The van der Waals surface area contributed by atoms with E-state index in [1.807, 2.05) is 24.3 Å². The van der Waals surface area contributed by atoms with Crippen LogP contribution in [0, 0.1) is 0 Å². The molecule has 0 unspecified atom stereocenters. The Labute approximate surface area is 184 Å².